The van der Waals surface area contributed by atoms with Gasteiger partial charge in [0.1, 0.15) is 69.6 Å². The Morgan fingerprint density at radius 1 is 0.343 bits per heavy atom. The van der Waals surface area contributed by atoms with E-state index in [-0.39, 0.29) is 35.3 Å². The highest BCUT2D eigenvalue weighted by Crippen LogP contribution is 2.29. The zero-order chi connectivity index (χ0) is 103. The van der Waals surface area contributed by atoms with E-state index in [1.165, 1.54) is 19.6 Å². The van der Waals surface area contributed by atoms with Gasteiger partial charge < -0.3 is 84.3 Å². The largest absolute Gasteiger partial charge is 0.492 e. The first-order chi connectivity index (χ1) is 68.4. The summed E-state index contributed by atoms with van der Waals surface area (Å²) in [5.41, 5.74) is 9.64. The number of nitrogens with one attached hydrogen (secondary N) is 4. The van der Waals surface area contributed by atoms with Crippen molar-refractivity contribution in [3.8, 4) is 24.2 Å². The van der Waals surface area contributed by atoms with Crippen LogP contribution in [0.3, 0.4) is 0 Å². The average Bonchev–Trinajstić information content (AvgIpc) is 1.63. The van der Waals surface area contributed by atoms with E-state index in [0.29, 0.717) is 90.0 Å². The Balaban J connectivity index is 0.000000167. The third-order valence-corrected chi connectivity index (χ3v) is 21.5. The van der Waals surface area contributed by atoms with Crippen molar-refractivity contribution in [2.75, 3.05) is 131 Å². The van der Waals surface area contributed by atoms with Crippen LogP contribution in [0.5, 0.6) is 5.75 Å². The molecule has 6 aromatic carbocycles. The second-order valence-electron chi connectivity index (χ2n) is 31.3. The van der Waals surface area contributed by atoms with Gasteiger partial charge in [0.05, 0.1) is 63.6 Å². The van der Waals surface area contributed by atoms with Crippen LogP contribution in [0.4, 0.5) is 76.5 Å². The SMILES string of the molecule is C#CCn1ncc2nc(N3CCNCC3)n(Cc3ccccc3)c2c1=O.N#CCn1ncc2nc(N3CCNCC3)n(Cc3ccccc3)c2c1=O.O=C(O)C(F)(F)F.O=C(O)C(F)(F)F.O=C(O)C(F)(F)F.O=C(O)C(F)(F)F.O=c1c2c(cnn1CCOc1ccccc1)nc(N1CCNCC1)n2Cc1ccccc1.O=c1c2c(cnn1CCc1ccccc1)nc(N1CCNCC1)n2Cc1ccccc1. The maximum atomic E-state index is 13.5. The number of carboxylic acids is 4. The van der Waals surface area contributed by atoms with Crippen molar-refractivity contribution < 1.29 is 97.0 Å². The lowest BCUT2D eigenvalue weighted by Gasteiger charge is -2.28. The molecule has 0 spiro atoms. The van der Waals surface area contributed by atoms with Gasteiger partial charge in [-0.3, -0.25) is 19.2 Å². The van der Waals surface area contributed by atoms with E-state index in [4.69, 9.17) is 76.0 Å². The predicted molar refractivity (Wildman–Crippen MR) is 501 cm³/mol. The van der Waals surface area contributed by atoms with Crippen LogP contribution in [-0.2, 0) is 78.0 Å². The van der Waals surface area contributed by atoms with Gasteiger partial charge in [-0.05, 0) is 46.4 Å². The number of para-hydroxylation sites is 1. The van der Waals surface area contributed by atoms with Crippen molar-refractivity contribution in [1.82, 2.24) is 98.6 Å². The molecule has 8 aromatic heterocycles. The second kappa shape index (κ2) is 50.5. The predicted octanol–water partition coefficient (Wildman–Crippen LogP) is 8.22. The van der Waals surface area contributed by atoms with Crippen molar-refractivity contribution in [2.45, 2.75) is 83.5 Å². The molecule has 14 aromatic rings. The maximum absolute atomic E-state index is 13.5. The number of nitriles is 1. The summed E-state index contributed by atoms with van der Waals surface area (Å²) in [4.78, 5) is 116. The van der Waals surface area contributed by atoms with E-state index in [0.717, 1.165) is 163 Å². The zero-order valence-corrected chi connectivity index (χ0v) is 76.0. The molecule has 4 aliphatic rings. The number of piperazine rings is 4. The van der Waals surface area contributed by atoms with Crippen LogP contribution in [0.15, 0.2) is 226 Å². The van der Waals surface area contributed by atoms with Crippen molar-refractivity contribution >= 4 is 91.8 Å². The highest BCUT2D eigenvalue weighted by Gasteiger charge is 2.41. The molecule has 8 N–H and O–H groups in total. The van der Waals surface area contributed by atoms with Gasteiger partial charge in [0, 0.05) is 111 Å². The number of terminal acetylenes is 1. The lowest BCUT2D eigenvalue weighted by molar-refractivity contribution is -0.193. The van der Waals surface area contributed by atoms with Crippen LogP contribution in [0.2, 0.25) is 0 Å². The molecular formula is C93H95F12N25O13. The van der Waals surface area contributed by atoms with Gasteiger partial charge in [-0.15, -0.1) is 6.42 Å². The molecule has 50 heteroatoms. The Kier molecular flexibility index (Phi) is 37.8. The minimum absolute atomic E-state index is 0.0751. The number of rotatable bonds is 21. The summed E-state index contributed by atoms with van der Waals surface area (Å²) in [6, 6.07) is 62.2. The lowest BCUT2D eigenvalue weighted by atomic mass is 10.1. The second-order valence-corrected chi connectivity index (χ2v) is 31.3. The third-order valence-electron chi connectivity index (χ3n) is 21.5. The molecule has 4 fully saturated rings. The molecule has 18 rings (SSSR count). The van der Waals surface area contributed by atoms with E-state index >= 15 is 0 Å². The number of carbonyl (C=O) groups is 4. The third kappa shape index (κ3) is 30.1. The Bertz CT molecular complexity index is 6650. The van der Waals surface area contributed by atoms with Gasteiger partial charge in [0.2, 0.25) is 23.8 Å². The number of halogens is 12. The number of hydrogen-bond acceptors (Lipinski definition) is 26. The molecular weight excluding hydrogens is 1900 g/mol. The van der Waals surface area contributed by atoms with Crippen molar-refractivity contribution in [1.29, 1.82) is 5.26 Å². The van der Waals surface area contributed by atoms with Crippen LogP contribution in [0.1, 0.15) is 27.8 Å². The molecule has 4 saturated heterocycles. The summed E-state index contributed by atoms with van der Waals surface area (Å²) < 4.78 is 146. The fourth-order valence-corrected chi connectivity index (χ4v) is 14.7. The van der Waals surface area contributed by atoms with E-state index in [1.807, 2.05) is 153 Å². The Morgan fingerprint density at radius 3 is 0.811 bits per heavy atom. The van der Waals surface area contributed by atoms with Gasteiger partial charge in [0.25, 0.3) is 22.2 Å². The number of aryl methyl sites for hydroxylation is 2. The van der Waals surface area contributed by atoms with E-state index in [1.54, 1.807) is 29.5 Å². The Labute approximate surface area is 803 Å². The first-order valence-electron chi connectivity index (χ1n) is 44.0. The summed E-state index contributed by atoms with van der Waals surface area (Å²) >= 11 is 0. The Morgan fingerprint density at radius 2 is 0.566 bits per heavy atom. The van der Waals surface area contributed by atoms with Crippen molar-refractivity contribution in [3.05, 3.63) is 276 Å². The fraction of sp³-hybridized carbons (Fsp3) is 0.323. The van der Waals surface area contributed by atoms with Gasteiger partial charge in [0.15, 0.2) is 0 Å². The number of carboxylic acid groups (broad SMARTS) is 4. The normalized spacial score (nSPS) is 13.7. The summed E-state index contributed by atoms with van der Waals surface area (Å²) in [5.74, 6) is -4.52. The monoisotopic (exact) mass is 2000 g/mol. The van der Waals surface area contributed by atoms with Crippen LogP contribution >= 0.6 is 0 Å². The topological polar surface area (TPSA) is 454 Å². The molecule has 143 heavy (non-hydrogen) atoms. The van der Waals surface area contributed by atoms with E-state index in [9.17, 15) is 71.9 Å². The zero-order valence-electron chi connectivity index (χ0n) is 76.0. The van der Waals surface area contributed by atoms with Gasteiger partial charge in [-0.1, -0.05) is 176 Å². The van der Waals surface area contributed by atoms with Crippen LogP contribution in [-0.4, -0.2) is 258 Å². The highest BCUT2D eigenvalue weighted by atomic mass is 19.4. The number of alkyl halides is 12. The quantitative estimate of drug-likeness (QED) is 0.0248. The molecule has 12 heterocycles. The molecule has 0 unspecified atom stereocenters. The number of aromatic nitrogens is 16. The number of aliphatic carboxylic acids is 4. The van der Waals surface area contributed by atoms with E-state index < -0.39 is 48.6 Å². The first kappa shape index (κ1) is 107. The standard InChI is InChI=1S/C24H26N6O2.C24H26N6O.C19H20N6O.C18H19N7O.4C2HF3O2/c31-23-22-21(17-26-30(23)15-16-32-20-9-5-2-6-10-20)27-24(28-13-11-25-12-14-28)29(22)18-19-7-3-1-4-8-19;31-23-22-21(17-26-30(23)14-11-19-7-3-1-4-8-19)27-24(28-15-12-25-13-16-28)29(22)18-20-9-5-2-6-10-20;1-2-10-25-18(26)17-16(13-21-25)22-19(23-11-8-20-9-12-23)24(17)14-15-6-4-3-5-7-15;19-6-9-25-17(26)16-15(12-21-25)22-18(23-10-7-20-8-11-23)24(16)13-14-4-2-1-3-5-14;4*3-2(4,5)1(6)7/h1-10,17,25H,11-16,18H2;1-10,17,25H,11-16,18H2;1,3-7,13,20H,8-12,14H2;1-5,12,20H,7-11,13H2;4*(H,6,7). The van der Waals surface area contributed by atoms with Crippen molar-refractivity contribution in [3.63, 3.8) is 0 Å². The van der Waals surface area contributed by atoms with Gasteiger partial charge in [-0.25, -0.2) is 57.8 Å². The average molecular weight is 2000 g/mol. The molecule has 0 bridgehead atoms. The molecule has 4 aliphatic heterocycles. The summed E-state index contributed by atoms with van der Waals surface area (Å²) in [6.45, 7) is 17.6. The van der Waals surface area contributed by atoms with Gasteiger partial charge in [-0.2, -0.15) is 78.3 Å². The molecule has 38 nitrogen and oxygen atoms in total. The molecule has 754 valence electrons. The Hall–Kier alpha value is -16.4. The number of ether oxygens (including phenoxy) is 1. The highest BCUT2D eigenvalue weighted by molar-refractivity contribution is 5.81. The summed E-state index contributed by atoms with van der Waals surface area (Å²) in [7, 11) is 0. The van der Waals surface area contributed by atoms with Crippen LogP contribution in [0, 0.1) is 23.7 Å². The van der Waals surface area contributed by atoms with Crippen LogP contribution in [0.25, 0.3) is 44.1 Å². The number of hydrogen-bond donors (Lipinski definition) is 8. The first-order valence-corrected chi connectivity index (χ1v) is 44.0. The minimum Gasteiger partial charge on any atom is -0.492 e. The molecule has 0 aliphatic carbocycles. The number of anilines is 4. The van der Waals surface area contributed by atoms with Crippen LogP contribution < -0.4 is 67.8 Å². The number of nitrogens with zero attached hydrogens (tertiary/aromatic N) is 21. The van der Waals surface area contributed by atoms with E-state index in [2.05, 4.69) is 120 Å². The number of fused-ring (bicyclic) bond motifs is 4. The summed E-state index contributed by atoms with van der Waals surface area (Å²) in [5, 5.41) is 67.9. The molecule has 0 radical (unpaired) electrons. The van der Waals surface area contributed by atoms with Crippen molar-refractivity contribution in [2.24, 2.45) is 0 Å². The maximum Gasteiger partial charge on any atom is 0.490 e. The molecule has 0 atom stereocenters. The molecule has 0 saturated carbocycles. The van der Waals surface area contributed by atoms with Gasteiger partial charge >= 0.3 is 48.6 Å². The molecule has 0 amide bonds. The smallest absolute Gasteiger partial charge is 0.490 e. The number of imidazole rings is 4. The number of benzene rings is 6. The lowest BCUT2D eigenvalue weighted by Crippen LogP contribution is -2.44. The summed E-state index contributed by atoms with van der Waals surface area (Å²) in [6.07, 6.45) is -7.59. The fourth-order valence-electron chi connectivity index (χ4n) is 14.7. The minimum atomic E-state index is -5.08.